The van der Waals surface area contributed by atoms with Gasteiger partial charge in [-0.15, -0.1) is 0 Å². The molecule has 0 aliphatic heterocycles. The van der Waals surface area contributed by atoms with E-state index < -0.39 is 18.2 Å². The molecule has 0 saturated heterocycles. The lowest BCUT2D eigenvalue weighted by Crippen LogP contribution is -2.46. The molecule has 0 saturated carbocycles. The van der Waals surface area contributed by atoms with Crippen LogP contribution in [0.5, 0.6) is 0 Å². The number of unbranched alkanes of at least 4 members (excludes halogenated alkanes) is 38. The van der Waals surface area contributed by atoms with Crippen LogP contribution in [0.4, 0.5) is 0 Å². The van der Waals surface area contributed by atoms with E-state index in [-0.39, 0.29) is 24.9 Å². The molecule has 0 aliphatic carbocycles. The van der Waals surface area contributed by atoms with Crippen LogP contribution in [0, 0.1) is 0 Å². The van der Waals surface area contributed by atoms with Crippen molar-refractivity contribution in [3.63, 3.8) is 0 Å². The molecule has 3 N–H and O–H groups in total. The fraction of sp³-hybridized carbons (Fsp3) is 0.900. The fourth-order valence-electron chi connectivity index (χ4n) is 9.29. The summed E-state index contributed by atoms with van der Waals surface area (Å²) in [7, 11) is 0. The molecule has 0 heterocycles. The quantitative estimate of drug-likeness (QED) is 0.0321. The number of aliphatic hydroxyl groups is 2. The normalized spacial score (nSPS) is 13.2. The topological polar surface area (TPSA) is 95.9 Å². The van der Waals surface area contributed by atoms with E-state index in [0.717, 1.165) is 57.8 Å². The standard InChI is InChI=1S/C60H115NO5/c1-4-7-10-13-16-19-22-25-27-29-31-34-37-40-43-46-49-52-58(63)57(55-62)61-59(64)54-56(51-48-45-42-39-36-33-24-21-18-15-12-9-6-3)66-60(65)53-50-47-44-41-38-35-32-30-28-26-23-20-17-14-11-8-5-2/h17,20,26,28,56-58,62-63H,4-16,18-19,21-25,27,29-55H2,1-3H3,(H,61,64)/b20-17-,28-26-. The Balaban J connectivity index is 4.48. The van der Waals surface area contributed by atoms with Gasteiger partial charge in [0.2, 0.25) is 5.91 Å². The number of rotatable bonds is 54. The average molecular weight is 931 g/mol. The number of carbonyl (C=O) groups excluding carboxylic acids is 2. The summed E-state index contributed by atoms with van der Waals surface area (Å²) >= 11 is 0. The van der Waals surface area contributed by atoms with Crippen molar-refractivity contribution in [2.24, 2.45) is 0 Å². The third-order valence-corrected chi connectivity index (χ3v) is 13.8. The van der Waals surface area contributed by atoms with Gasteiger partial charge in [0.15, 0.2) is 0 Å². The highest BCUT2D eigenvalue weighted by Crippen LogP contribution is 2.19. The molecule has 3 unspecified atom stereocenters. The smallest absolute Gasteiger partial charge is 0.306 e. The number of hydrogen-bond donors (Lipinski definition) is 3. The molecular weight excluding hydrogens is 815 g/mol. The highest BCUT2D eigenvalue weighted by Gasteiger charge is 2.24. The van der Waals surface area contributed by atoms with Crippen molar-refractivity contribution < 1.29 is 24.5 Å². The SMILES string of the molecule is CCCCC/C=C\C/C=C\CCCCCCCCCC(=O)OC(CCCCCCCCCCCCCCC)CC(=O)NC(CO)C(O)CCCCCCCCCCCCCCCCCCC. The number of ether oxygens (including phenoxy) is 1. The average Bonchev–Trinajstić information content (AvgIpc) is 3.31. The maximum atomic E-state index is 13.3. The van der Waals surface area contributed by atoms with Crippen LogP contribution in [-0.2, 0) is 14.3 Å². The summed E-state index contributed by atoms with van der Waals surface area (Å²) in [6.07, 6.45) is 63.8. The Morgan fingerprint density at radius 3 is 1.18 bits per heavy atom. The van der Waals surface area contributed by atoms with Gasteiger partial charge >= 0.3 is 5.97 Å². The molecule has 0 rings (SSSR count). The van der Waals surface area contributed by atoms with Crippen molar-refractivity contribution in [2.45, 2.75) is 341 Å². The van der Waals surface area contributed by atoms with Gasteiger partial charge in [-0.2, -0.15) is 0 Å². The van der Waals surface area contributed by atoms with E-state index in [1.807, 2.05) is 0 Å². The fourth-order valence-corrected chi connectivity index (χ4v) is 9.29. The molecule has 0 aromatic carbocycles. The first kappa shape index (κ1) is 64.3. The van der Waals surface area contributed by atoms with Gasteiger partial charge in [0.1, 0.15) is 6.10 Å². The van der Waals surface area contributed by atoms with Crippen molar-refractivity contribution in [1.29, 1.82) is 0 Å². The second-order valence-corrected chi connectivity index (χ2v) is 20.4. The molecule has 0 spiro atoms. The molecule has 3 atom stereocenters. The lowest BCUT2D eigenvalue weighted by molar-refractivity contribution is -0.151. The molecule has 0 aromatic heterocycles. The summed E-state index contributed by atoms with van der Waals surface area (Å²) in [5.74, 6) is -0.462. The van der Waals surface area contributed by atoms with E-state index >= 15 is 0 Å². The van der Waals surface area contributed by atoms with Crippen molar-refractivity contribution in [3.8, 4) is 0 Å². The number of carbonyl (C=O) groups is 2. The number of esters is 1. The summed E-state index contributed by atoms with van der Waals surface area (Å²) in [6.45, 7) is 6.50. The second kappa shape index (κ2) is 54.3. The molecule has 6 nitrogen and oxygen atoms in total. The molecule has 0 aliphatic rings. The second-order valence-electron chi connectivity index (χ2n) is 20.4. The largest absolute Gasteiger partial charge is 0.462 e. The van der Waals surface area contributed by atoms with Crippen LogP contribution in [0.15, 0.2) is 24.3 Å². The van der Waals surface area contributed by atoms with Gasteiger partial charge in [-0.3, -0.25) is 9.59 Å². The van der Waals surface area contributed by atoms with Crippen molar-refractivity contribution >= 4 is 11.9 Å². The predicted molar refractivity (Wildman–Crippen MR) is 287 cm³/mol. The van der Waals surface area contributed by atoms with Gasteiger partial charge < -0.3 is 20.3 Å². The van der Waals surface area contributed by atoms with E-state index in [2.05, 4.69) is 50.4 Å². The summed E-state index contributed by atoms with van der Waals surface area (Å²) in [5.41, 5.74) is 0. The lowest BCUT2D eigenvalue weighted by atomic mass is 10.0. The lowest BCUT2D eigenvalue weighted by Gasteiger charge is -2.24. The van der Waals surface area contributed by atoms with Crippen molar-refractivity contribution in [1.82, 2.24) is 5.32 Å². The highest BCUT2D eigenvalue weighted by molar-refractivity contribution is 5.77. The monoisotopic (exact) mass is 930 g/mol. The van der Waals surface area contributed by atoms with Gasteiger partial charge in [-0.05, 0) is 57.8 Å². The molecule has 66 heavy (non-hydrogen) atoms. The van der Waals surface area contributed by atoms with Gasteiger partial charge in [-0.25, -0.2) is 0 Å². The molecule has 390 valence electrons. The minimum absolute atomic E-state index is 0.0806. The molecule has 0 fully saturated rings. The zero-order chi connectivity index (χ0) is 48.1. The Bertz CT molecular complexity index is 1040. The summed E-state index contributed by atoms with van der Waals surface area (Å²) in [4.78, 5) is 26.3. The maximum absolute atomic E-state index is 13.3. The molecule has 0 radical (unpaired) electrons. The van der Waals surface area contributed by atoms with Crippen LogP contribution >= 0.6 is 0 Å². The van der Waals surface area contributed by atoms with Gasteiger partial charge in [0, 0.05) is 6.42 Å². The van der Waals surface area contributed by atoms with E-state index in [1.54, 1.807) is 0 Å². The van der Waals surface area contributed by atoms with Crippen molar-refractivity contribution in [3.05, 3.63) is 24.3 Å². The van der Waals surface area contributed by atoms with Crippen LogP contribution in [-0.4, -0.2) is 46.9 Å². The Morgan fingerprint density at radius 2 is 0.773 bits per heavy atom. The number of amides is 1. The van der Waals surface area contributed by atoms with Crippen LogP contribution in [0.3, 0.4) is 0 Å². The van der Waals surface area contributed by atoms with E-state index in [4.69, 9.17) is 4.74 Å². The Hall–Kier alpha value is -1.66. The minimum Gasteiger partial charge on any atom is -0.462 e. The van der Waals surface area contributed by atoms with Gasteiger partial charge in [0.25, 0.3) is 0 Å². The van der Waals surface area contributed by atoms with Crippen LogP contribution < -0.4 is 5.32 Å². The summed E-state index contributed by atoms with van der Waals surface area (Å²) in [5, 5.41) is 23.9. The number of aliphatic hydroxyl groups excluding tert-OH is 2. The molecule has 6 heteroatoms. The number of nitrogens with one attached hydrogen (secondary N) is 1. The molecule has 0 bridgehead atoms. The van der Waals surface area contributed by atoms with Crippen LogP contribution in [0.1, 0.15) is 323 Å². The van der Waals surface area contributed by atoms with Gasteiger partial charge in [0.05, 0.1) is 25.2 Å². The predicted octanol–water partition coefficient (Wildman–Crippen LogP) is 18.2. The van der Waals surface area contributed by atoms with Crippen LogP contribution in [0.25, 0.3) is 0 Å². The first-order chi connectivity index (χ1) is 32.5. The van der Waals surface area contributed by atoms with E-state index in [0.29, 0.717) is 19.3 Å². The van der Waals surface area contributed by atoms with E-state index in [1.165, 1.54) is 218 Å². The van der Waals surface area contributed by atoms with E-state index in [9.17, 15) is 19.8 Å². The third-order valence-electron chi connectivity index (χ3n) is 13.8. The van der Waals surface area contributed by atoms with Gasteiger partial charge in [-0.1, -0.05) is 276 Å². The molecular formula is C60H115NO5. The molecule has 1 amide bonds. The Morgan fingerprint density at radius 1 is 0.439 bits per heavy atom. The Labute approximate surface area is 411 Å². The number of hydrogen-bond acceptors (Lipinski definition) is 5. The van der Waals surface area contributed by atoms with Crippen molar-refractivity contribution in [2.75, 3.05) is 6.61 Å². The minimum atomic E-state index is -0.786. The highest BCUT2D eigenvalue weighted by atomic mass is 16.5. The Kier molecular flexibility index (Phi) is 52.9. The maximum Gasteiger partial charge on any atom is 0.306 e. The summed E-state index contributed by atoms with van der Waals surface area (Å²) < 4.78 is 5.96. The zero-order valence-electron chi connectivity index (χ0n) is 44.6. The summed E-state index contributed by atoms with van der Waals surface area (Å²) in [6, 6.07) is -0.699. The zero-order valence-corrected chi connectivity index (χ0v) is 44.6. The molecule has 0 aromatic rings. The van der Waals surface area contributed by atoms with Crippen LogP contribution in [0.2, 0.25) is 0 Å². The third kappa shape index (κ3) is 48.8. The first-order valence-corrected chi connectivity index (χ1v) is 29.6. The number of allylic oxidation sites excluding steroid dienone is 4. The first-order valence-electron chi connectivity index (χ1n) is 29.6.